The summed E-state index contributed by atoms with van der Waals surface area (Å²) >= 11 is 0. The molecule has 122 valence electrons. The Morgan fingerprint density at radius 2 is 2.05 bits per heavy atom. The molecule has 22 heavy (non-hydrogen) atoms. The van der Waals surface area contributed by atoms with E-state index in [2.05, 4.69) is 16.5 Å². The topological polar surface area (TPSA) is 47.4 Å². The third-order valence-corrected chi connectivity index (χ3v) is 5.10. The highest BCUT2D eigenvalue weighted by atomic mass is 16.5. The number of likely N-dealkylation sites (tertiary alicyclic amines) is 1. The monoisotopic (exact) mass is 305 g/mol. The van der Waals surface area contributed by atoms with Crippen molar-refractivity contribution < 1.29 is 9.53 Å². The number of aryl methyl sites for hydroxylation is 1. The average Bonchev–Trinajstić information content (AvgIpc) is 3.06. The van der Waals surface area contributed by atoms with E-state index in [9.17, 15) is 4.79 Å². The van der Waals surface area contributed by atoms with Crippen LogP contribution in [0.5, 0.6) is 0 Å². The van der Waals surface area contributed by atoms with E-state index < -0.39 is 0 Å². The maximum absolute atomic E-state index is 12.3. The number of hydrogen-bond acceptors (Lipinski definition) is 3. The third-order valence-electron chi connectivity index (χ3n) is 5.10. The van der Waals surface area contributed by atoms with Crippen LogP contribution in [0, 0.1) is 18.8 Å². The van der Waals surface area contributed by atoms with Gasteiger partial charge < -0.3 is 14.2 Å². The van der Waals surface area contributed by atoms with Crippen molar-refractivity contribution in [3.63, 3.8) is 0 Å². The lowest BCUT2D eigenvalue weighted by molar-refractivity contribution is -0.138. The van der Waals surface area contributed by atoms with Crippen molar-refractivity contribution in [3.8, 4) is 0 Å². The summed E-state index contributed by atoms with van der Waals surface area (Å²) in [4.78, 5) is 18.7. The van der Waals surface area contributed by atoms with E-state index >= 15 is 0 Å². The Kier molecular flexibility index (Phi) is 4.81. The Balaban J connectivity index is 1.47. The van der Waals surface area contributed by atoms with Gasteiger partial charge in [0.1, 0.15) is 12.4 Å². The lowest BCUT2D eigenvalue weighted by atomic mass is 9.96. The molecule has 1 amide bonds. The highest BCUT2D eigenvalue weighted by Crippen LogP contribution is 2.29. The van der Waals surface area contributed by atoms with Crippen LogP contribution in [0.4, 0.5) is 0 Å². The molecule has 0 radical (unpaired) electrons. The molecule has 1 aromatic heterocycles. The van der Waals surface area contributed by atoms with Crippen LogP contribution in [0.25, 0.3) is 0 Å². The minimum absolute atomic E-state index is 0.364. The van der Waals surface area contributed by atoms with Crippen LogP contribution in [0.2, 0.25) is 0 Å². The standard InChI is InChI=1S/C17H27N3O2/c1-13-8-18-16(12-22-2)20(13)11-15-9-19(10-15)17(21)7-14-5-3-4-6-14/h8,14-15H,3-7,9-12H2,1-2H3. The van der Waals surface area contributed by atoms with E-state index in [1.165, 1.54) is 31.4 Å². The Morgan fingerprint density at radius 1 is 1.32 bits per heavy atom. The van der Waals surface area contributed by atoms with E-state index in [4.69, 9.17) is 4.74 Å². The molecule has 2 heterocycles. The van der Waals surface area contributed by atoms with Crippen LogP contribution in [0.3, 0.4) is 0 Å². The van der Waals surface area contributed by atoms with E-state index in [1.807, 2.05) is 11.1 Å². The second kappa shape index (κ2) is 6.82. The number of amides is 1. The maximum atomic E-state index is 12.3. The van der Waals surface area contributed by atoms with Crippen molar-refractivity contribution in [1.82, 2.24) is 14.5 Å². The van der Waals surface area contributed by atoms with Gasteiger partial charge in [-0.1, -0.05) is 12.8 Å². The van der Waals surface area contributed by atoms with Crippen LogP contribution in [0.1, 0.15) is 43.6 Å². The van der Waals surface area contributed by atoms with Crippen LogP contribution in [0.15, 0.2) is 6.20 Å². The van der Waals surface area contributed by atoms with Gasteiger partial charge in [-0.25, -0.2) is 4.98 Å². The highest BCUT2D eigenvalue weighted by molar-refractivity contribution is 5.77. The maximum Gasteiger partial charge on any atom is 0.222 e. The molecule has 2 aliphatic rings. The largest absolute Gasteiger partial charge is 0.377 e. The van der Waals surface area contributed by atoms with Crippen LogP contribution in [-0.2, 0) is 22.7 Å². The molecular formula is C17H27N3O2. The second-order valence-electron chi connectivity index (χ2n) is 6.88. The van der Waals surface area contributed by atoms with Gasteiger partial charge in [0.25, 0.3) is 0 Å². The zero-order chi connectivity index (χ0) is 15.5. The quantitative estimate of drug-likeness (QED) is 0.810. The van der Waals surface area contributed by atoms with Crippen molar-refractivity contribution >= 4 is 5.91 Å². The number of imidazole rings is 1. The van der Waals surface area contributed by atoms with E-state index in [1.54, 1.807) is 7.11 Å². The molecular weight excluding hydrogens is 278 g/mol. The van der Waals surface area contributed by atoms with Crippen molar-refractivity contribution in [3.05, 3.63) is 17.7 Å². The Hall–Kier alpha value is -1.36. The summed E-state index contributed by atoms with van der Waals surface area (Å²) < 4.78 is 7.43. The predicted octanol–water partition coefficient (Wildman–Crippen LogP) is 2.38. The molecule has 1 aromatic rings. The zero-order valence-corrected chi connectivity index (χ0v) is 13.8. The lowest BCUT2D eigenvalue weighted by Gasteiger charge is -2.40. The molecule has 1 saturated carbocycles. The summed E-state index contributed by atoms with van der Waals surface area (Å²) in [7, 11) is 1.70. The molecule has 3 rings (SSSR count). The number of ether oxygens (including phenoxy) is 1. The molecule has 0 N–H and O–H groups in total. The third kappa shape index (κ3) is 3.35. The van der Waals surface area contributed by atoms with Gasteiger partial charge in [-0.05, 0) is 25.7 Å². The predicted molar refractivity (Wildman–Crippen MR) is 84.3 cm³/mol. The van der Waals surface area contributed by atoms with Crippen LogP contribution >= 0.6 is 0 Å². The summed E-state index contributed by atoms with van der Waals surface area (Å²) in [5.41, 5.74) is 1.17. The highest BCUT2D eigenvalue weighted by Gasteiger charge is 2.32. The molecule has 0 bridgehead atoms. The van der Waals surface area contributed by atoms with Crippen LogP contribution < -0.4 is 0 Å². The molecule has 5 nitrogen and oxygen atoms in total. The first-order valence-corrected chi connectivity index (χ1v) is 8.45. The average molecular weight is 305 g/mol. The Bertz CT molecular complexity index is 514. The molecule has 1 aliphatic heterocycles. The summed E-state index contributed by atoms with van der Waals surface area (Å²) in [6.07, 6.45) is 7.78. The van der Waals surface area contributed by atoms with E-state index in [0.29, 0.717) is 24.3 Å². The lowest BCUT2D eigenvalue weighted by Crippen LogP contribution is -2.51. The zero-order valence-electron chi connectivity index (χ0n) is 13.8. The van der Waals surface area contributed by atoms with Gasteiger partial charge in [0, 0.05) is 51.0 Å². The van der Waals surface area contributed by atoms with E-state index in [-0.39, 0.29) is 0 Å². The minimum Gasteiger partial charge on any atom is -0.377 e. The SMILES string of the molecule is COCc1ncc(C)n1CC1CN(C(=O)CC2CCCC2)C1. The molecule has 1 aliphatic carbocycles. The van der Waals surface area contributed by atoms with Crippen molar-refractivity contribution in [2.45, 2.75) is 52.2 Å². The first-order valence-electron chi connectivity index (χ1n) is 8.45. The fourth-order valence-corrected chi connectivity index (χ4v) is 3.74. The van der Waals surface area contributed by atoms with Gasteiger partial charge in [-0.15, -0.1) is 0 Å². The molecule has 0 atom stereocenters. The van der Waals surface area contributed by atoms with Crippen molar-refractivity contribution in [2.24, 2.45) is 11.8 Å². The van der Waals surface area contributed by atoms with Gasteiger partial charge in [0.05, 0.1) is 0 Å². The molecule has 2 fully saturated rings. The second-order valence-corrected chi connectivity index (χ2v) is 6.88. The van der Waals surface area contributed by atoms with Gasteiger partial charge in [0.15, 0.2) is 0 Å². The number of rotatable bonds is 6. The summed E-state index contributed by atoms with van der Waals surface area (Å²) in [5.74, 6) is 2.55. The molecule has 0 spiro atoms. The Labute approximate surface area is 132 Å². The summed E-state index contributed by atoms with van der Waals surface area (Å²) in [6.45, 7) is 5.36. The summed E-state index contributed by atoms with van der Waals surface area (Å²) in [5, 5.41) is 0. The molecule has 5 heteroatoms. The number of hydrogen-bond donors (Lipinski definition) is 0. The number of aromatic nitrogens is 2. The first kappa shape index (κ1) is 15.5. The first-order chi connectivity index (χ1) is 10.7. The van der Waals surface area contributed by atoms with E-state index in [0.717, 1.165) is 31.9 Å². The molecule has 0 unspecified atom stereocenters. The minimum atomic E-state index is 0.364. The number of carbonyl (C=O) groups is 1. The Morgan fingerprint density at radius 3 is 2.73 bits per heavy atom. The number of carbonyl (C=O) groups excluding carboxylic acids is 1. The summed E-state index contributed by atoms with van der Waals surface area (Å²) in [6, 6.07) is 0. The van der Waals surface area contributed by atoms with Gasteiger partial charge in [0.2, 0.25) is 5.91 Å². The smallest absolute Gasteiger partial charge is 0.222 e. The van der Waals surface area contributed by atoms with Crippen molar-refractivity contribution in [1.29, 1.82) is 0 Å². The fraction of sp³-hybridized carbons (Fsp3) is 0.765. The molecule has 1 saturated heterocycles. The number of methoxy groups -OCH3 is 1. The van der Waals surface area contributed by atoms with Crippen LogP contribution in [-0.4, -0.2) is 40.6 Å². The normalized spacial score (nSPS) is 19.6. The van der Waals surface area contributed by atoms with Gasteiger partial charge >= 0.3 is 0 Å². The van der Waals surface area contributed by atoms with Crippen molar-refractivity contribution in [2.75, 3.05) is 20.2 Å². The number of nitrogens with zero attached hydrogens (tertiary/aromatic N) is 3. The van der Waals surface area contributed by atoms with Gasteiger partial charge in [-0.2, -0.15) is 0 Å². The fourth-order valence-electron chi connectivity index (χ4n) is 3.74. The van der Waals surface area contributed by atoms with Gasteiger partial charge in [-0.3, -0.25) is 4.79 Å². The molecule has 0 aromatic carbocycles.